The van der Waals surface area contributed by atoms with Crippen LogP contribution in [0, 0.1) is 5.92 Å². The Kier molecular flexibility index (Phi) is 3.64. The molecule has 16 heavy (non-hydrogen) atoms. The van der Waals surface area contributed by atoms with Crippen molar-refractivity contribution in [2.75, 3.05) is 13.1 Å². The SMILES string of the molecule is O=CC1CCCCC1S(=O)(=O)N1CCCC1. The lowest BCUT2D eigenvalue weighted by Gasteiger charge is -2.30. The van der Waals surface area contributed by atoms with Crippen LogP contribution in [0.15, 0.2) is 0 Å². The second kappa shape index (κ2) is 4.84. The lowest BCUT2D eigenvalue weighted by molar-refractivity contribution is -0.111. The number of carbonyl (C=O) groups is 1. The van der Waals surface area contributed by atoms with E-state index in [9.17, 15) is 13.2 Å². The van der Waals surface area contributed by atoms with E-state index in [0.29, 0.717) is 19.5 Å². The van der Waals surface area contributed by atoms with Crippen molar-refractivity contribution in [2.24, 2.45) is 5.92 Å². The summed E-state index contributed by atoms with van der Waals surface area (Å²) in [5.41, 5.74) is 0. The van der Waals surface area contributed by atoms with E-state index in [2.05, 4.69) is 0 Å². The first-order valence-corrected chi connectivity index (χ1v) is 7.61. The number of hydrogen-bond acceptors (Lipinski definition) is 3. The Bertz CT molecular complexity index is 346. The largest absolute Gasteiger partial charge is 0.303 e. The number of nitrogens with zero attached hydrogens (tertiary/aromatic N) is 1. The van der Waals surface area contributed by atoms with Crippen LogP contribution >= 0.6 is 0 Å². The van der Waals surface area contributed by atoms with E-state index in [1.165, 1.54) is 0 Å². The number of carbonyl (C=O) groups excluding carboxylic acids is 1. The average molecular weight is 245 g/mol. The van der Waals surface area contributed by atoms with Gasteiger partial charge >= 0.3 is 0 Å². The molecule has 1 saturated carbocycles. The van der Waals surface area contributed by atoms with E-state index < -0.39 is 15.3 Å². The second-order valence-electron chi connectivity index (χ2n) is 4.77. The predicted molar refractivity (Wildman–Crippen MR) is 61.5 cm³/mol. The zero-order valence-electron chi connectivity index (χ0n) is 9.47. The van der Waals surface area contributed by atoms with Crippen molar-refractivity contribution in [1.82, 2.24) is 4.31 Å². The Hall–Kier alpha value is -0.420. The highest BCUT2D eigenvalue weighted by Gasteiger charge is 2.39. The molecule has 4 nitrogen and oxygen atoms in total. The maximum atomic E-state index is 12.3. The predicted octanol–water partition coefficient (Wildman–Crippen LogP) is 1.17. The number of hydrogen-bond donors (Lipinski definition) is 0. The summed E-state index contributed by atoms with van der Waals surface area (Å²) in [4.78, 5) is 10.9. The van der Waals surface area contributed by atoms with Crippen molar-refractivity contribution in [2.45, 2.75) is 43.8 Å². The molecule has 2 rings (SSSR count). The van der Waals surface area contributed by atoms with E-state index in [4.69, 9.17) is 0 Å². The molecule has 1 heterocycles. The Morgan fingerprint density at radius 2 is 1.62 bits per heavy atom. The molecule has 5 heteroatoms. The molecule has 0 bridgehead atoms. The first-order valence-electron chi connectivity index (χ1n) is 6.10. The van der Waals surface area contributed by atoms with Crippen molar-refractivity contribution in [3.8, 4) is 0 Å². The van der Waals surface area contributed by atoms with Crippen LogP contribution in [0.4, 0.5) is 0 Å². The van der Waals surface area contributed by atoms with E-state index in [1.54, 1.807) is 4.31 Å². The minimum atomic E-state index is -3.22. The summed E-state index contributed by atoms with van der Waals surface area (Å²) in [7, 11) is -3.22. The summed E-state index contributed by atoms with van der Waals surface area (Å²) in [5, 5.41) is -0.447. The van der Waals surface area contributed by atoms with Crippen LogP contribution in [-0.2, 0) is 14.8 Å². The molecular weight excluding hydrogens is 226 g/mol. The highest BCUT2D eigenvalue weighted by molar-refractivity contribution is 7.89. The monoisotopic (exact) mass is 245 g/mol. The number of rotatable bonds is 3. The van der Waals surface area contributed by atoms with Gasteiger partial charge in [-0.1, -0.05) is 12.8 Å². The molecular formula is C11H19NO3S. The molecule has 2 aliphatic rings. The molecule has 0 aromatic rings. The molecule has 0 aromatic carbocycles. The molecule has 0 spiro atoms. The summed E-state index contributed by atoms with van der Waals surface area (Å²) >= 11 is 0. The van der Waals surface area contributed by atoms with Crippen LogP contribution in [0.1, 0.15) is 38.5 Å². The normalized spacial score (nSPS) is 32.8. The third kappa shape index (κ3) is 2.15. The molecule has 1 aliphatic carbocycles. The summed E-state index contributed by atoms with van der Waals surface area (Å²) in [6.07, 6.45) is 6.06. The lowest BCUT2D eigenvalue weighted by atomic mass is 9.90. The molecule has 0 radical (unpaired) electrons. The van der Waals surface area contributed by atoms with Crippen LogP contribution in [0.2, 0.25) is 0 Å². The van der Waals surface area contributed by atoms with Crippen molar-refractivity contribution in [1.29, 1.82) is 0 Å². The van der Waals surface area contributed by atoms with E-state index >= 15 is 0 Å². The van der Waals surface area contributed by atoms with Crippen molar-refractivity contribution < 1.29 is 13.2 Å². The van der Waals surface area contributed by atoms with Crippen LogP contribution < -0.4 is 0 Å². The van der Waals surface area contributed by atoms with Crippen LogP contribution in [0.3, 0.4) is 0 Å². The molecule has 1 aliphatic heterocycles. The van der Waals surface area contributed by atoms with Gasteiger partial charge < -0.3 is 4.79 Å². The molecule has 2 atom stereocenters. The summed E-state index contributed by atoms with van der Waals surface area (Å²) < 4.78 is 26.2. The third-order valence-electron chi connectivity index (χ3n) is 3.74. The van der Waals surface area contributed by atoms with Gasteiger partial charge in [-0.15, -0.1) is 0 Å². The highest BCUT2D eigenvalue weighted by atomic mass is 32.2. The van der Waals surface area contributed by atoms with Crippen LogP contribution in [-0.4, -0.2) is 37.3 Å². The molecule has 0 N–H and O–H groups in total. The number of sulfonamides is 1. The molecule has 0 amide bonds. The van der Waals surface area contributed by atoms with Gasteiger partial charge in [0.2, 0.25) is 10.0 Å². The van der Waals surface area contributed by atoms with Gasteiger partial charge in [-0.3, -0.25) is 0 Å². The maximum Gasteiger partial charge on any atom is 0.217 e. The standard InChI is InChI=1S/C11H19NO3S/c13-9-10-5-1-2-6-11(10)16(14,15)12-7-3-4-8-12/h9-11H,1-8H2. The highest BCUT2D eigenvalue weighted by Crippen LogP contribution is 2.31. The van der Waals surface area contributed by atoms with Gasteiger partial charge in [-0.2, -0.15) is 0 Å². The molecule has 2 fully saturated rings. The maximum absolute atomic E-state index is 12.3. The summed E-state index contributed by atoms with van der Waals surface area (Å²) in [6, 6.07) is 0. The molecule has 2 unspecified atom stereocenters. The van der Waals surface area contributed by atoms with E-state index in [0.717, 1.165) is 38.4 Å². The zero-order chi connectivity index (χ0) is 11.6. The van der Waals surface area contributed by atoms with E-state index in [-0.39, 0.29) is 5.92 Å². The van der Waals surface area contributed by atoms with E-state index in [1.807, 2.05) is 0 Å². The van der Waals surface area contributed by atoms with Gasteiger partial charge in [-0.25, -0.2) is 12.7 Å². The Morgan fingerprint density at radius 3 is 2.25 bits per heavy atom. The fourth-order valence-corrected chi connectivity index (χ4v) is 5.04. The summed E-state index contributed by atoms with van der Waals surface area (Å²) in [5.74, 6) is -0.278. The Morgan fingerprint density at radius 1 is 1.00 bits per heavy atom. The minimum Gasteiger partial charge on any atom is -0.303 e. The van der Waals surface area contributed by atoms with Gasteiger partial charge in [-0.05, 0) is 25.7 Å². The van der Waals surface area contributed by atoms with Crippen molar-refractivity contribution >= 4 is 16.3 Å². The fraction of sp³-hybridized carbons (Fsp3) is 0.909. The van der Waals surface area contributed by atoms with Crippen molar-refractivity contribution in [3.05, 3.63) is 0 Å². The lowest BCUT2D eigenvalue weighted by Crippen LogP contribution is -2.42. The first kappa shape index (κ1) is 12.0. The Balaban J connectivity index is 2.17. The summed E-state index contributed by atoms with van der Waals surface area (Å²) in [6.45, 7) is 1.29. The van der Waals surface area contributed by atoms with Gasteiger partial charge in [0.15, 0.2) is 0 Å². The topological polar surface area (TPSA) is 54.5 Å². The smallest absolute Gasteiger partial charge is 0.217 e. The van der Waals surface area contributed by atoms with Crippen molar-refractivity contribution in [3.63, 3.8) is 0 Å². The average Bonchev–Trinajstić information content (AvgIpc) is 2.83. The third-order valence-corrected chi connectivity index (χ3v) is 6.17. The Labute approximate surface area is 97.1 Å². The van der Waals surface area contributed by atoms with Crippen LogP contribution in [0.25, 0.3) is 0 Å². The molecule has 0 aromatic heterocycles. The van der Waals surface area contributed by atoms with Crippen LogP contribution in [0.5, 0.6) is 0 Å². The van der Waals surface area contributed by atoms with Gasteiger partial charge in [0.05, 0.1) is 5.25 Å². The fourth-order valence-electron chi connectivity index (χ4n) is 2.79. The number of aldehydes is 1. The van der Waals surface area contributed by atoms with Gasteiger partial charge in [0, 0.05) is 19.0 Å². The second-order valence-corrected chi connectivity index (χ2v) is 6.93. The quantitative estimate of drug-likeness (QED) is 0.701. The zero-order valence-corrected chi connectivity index (χ0v) is 10.3. The van der Waals surface area contributed by atoms with Gasteiger partial charge in [0.1, 0.15) is 6.29 Å². The first-order chi connectivity index (χ1) is 7.66. The molecule has 1 saturated heterocycles. The van der Waals surface area contributed by atoms with Gasteiger partial charge in [0.25, 0.3) is 0 Å². The minimum absolute atomic E-state index is 0.278. The molecule has 92 valence electrons.